The number of carboxylic acid groups (broad SMARTS) is 1. The van der Waals surface area contributed by atoms with E-state index < -0.39 is 42.5 Å². The molecule has 1 aromatic rings. The highest BCUT2D eigenvalue weighted by molar-refractivity contribution is 6.52. The number of rotatable bonds is 4. The van der Waals surface area contributed by atoms with Crippen LogP contribution in [0.2, 0.25) is 0 Å². The zero-order valence-corrected chi connectivity index (χ0v) is 9.67. The lowest BCUT2D eigenvalue weighted by atomic mass is 10.1. The molecule has 1 aliphatic heterocycles. The van der Waals surface area contributed by atoms with Crippen LogP contribution in [-0.2, 0) is 9.59 Å². The van der Waals surface area contributed by atoms with Gasteiger partial charge >= 0.3 is 5.97 Å². The van der Waals surface area contributed by atoms with Crippen molar-refractivity contribution in [1.29, 1.82) is 0 Å². The summed E-state index contributed by atoms with van der Waals surface area (Å²) in [5.41, 5.74) is -0.283. The maximum absolute atomic E-state index is 13.7. The molecule has 0 spiro atoms. The normalized spacial score (nSPS) is 15.6. The number of anilines is 1. The van der Waals surface area contributed by atoms with Crippen LogP contribution < -0.4 is 4.90 Å². The Bertz CT molecular complexity index is 571. The smallest absolute Gasteiger partial charge is 0.306 e. The van der Waals surface area contributed by atoms with Crippen LogP contribution in [0.4, 0.5) is 10.1 Å². The fourth-order valence-electron chi connectivity index (χ4n) is 1.96. The molecule has 0 saturated heterocycles. The Labute approximate surface area is 107 Å². The minimum absolute atomic E-state index is 0.0764. The predicted molar refractivity (Wildman–Crippen MR) is 61.3 cm³/mol. The molecule has 1 aliphatic rings. The van der Waals surface area contributed by atoms with Gasteiger partial charge in [-0.1, -0.05) is 6.07 Å². The first-order valence-corrected chi connectivity index (χ1v) is 5.46. The fraction of sp³-hybridized carbons (Fsp3) is 0.250. The minimum Gasteiger partial charge on any atom is -0.481 e. The molecule has 100 valence electrons. The van der Waals surface area contributed by atoms with Crippen molar-refractivity contribution in [2.24, 2.45) is 0 Å². The highest BCUT2D eigenvalue weighted by Gasteiger charge is 2.38. The molecule has 1 atom stereocenters. The second-order valence-corrected chi connectivity index (χ2v) is 4.13. The number of para-hydroxylation sites is 1. The lowest BCUT2D eigenvalue weighted by Gasteiger charge is -2.19. The molecule has 0 bridgehead atoms. The number of aliphatic hydroxyl groups is 1. The van der Waals surface area contributed by atoms with E-state index in [1.54, 1.807) is 0 Å². The van der Waals surface area contributed by atoms with Gasteiger partial charge in [0, 0.05) is 0 Å². The van der Waals surface area contributed by atoms with E-state index in [2.05, 4.69) is 0 Å². The molecular formula is C12H10FNO5. The minimum atomic E-state index is -1.38. The van der Waals surface area contributed by atoms with Gasteiger partial charge in [0.05, 0.1) is 30.3 Å². The summed E-state index contributed by atoms with van der Waals surface area (Å²) in [6.45, 7) is -0.440. The van der Waals surface area contributed by atoms with Crippen molar-refractivity contribution in [3.05, 3.63) is 29.6 Å². The van der Waals surface area contributed by atoms with Gasteiger partial charge in [0.15, 0.2) is 0 Å². The van der Waals surface area contributed by atoms with Crippen molar-refractivity contribution < 1.29 is 29.0 Å². The molecule has 1 unspecified atom stereocenters. The first-order valence-electron chi connectivity index (χ1n) is 5.46. The van der Waals surface area contributed by atoms with Crippen molar-refractivity contribution >= 4 is 23.3 Å². The first-order chi connectivity index (χ1) is 8.91. The molecule has 6 nitrogen and oxygen atoms in total. The summed E-state index contributed by atoms with van der Waals surface area (Å²) in [5.74, 6) is -3.85. The number of fused-ring (bicyclic) bond motifs is 1. The SMILES string of the molecule is O=C(O)CC(O)CN1C(=O)C(=O)c2cccc(F)c21. The zero-order chi connectivity index (χ0) is 14.2. The van der Waals surface area contributed by atoms with E-state index in [4.69, 9.17) is 5.11 Å². The van der Waals surface area contributed by atoms with Crippen molar-refractivity contribution in [3.63, 3.8) is 0 Å². The summed E-state index contributed by atoms with van der Waals surface area (Å²) in [5, 5.41) is 18.0. The number of hydrogen-bond donors (Lipinski definition) is 2. The molecule has 0 saturated carbocycles. The zero-order valence-electron chi connectivity index (χ0n) is 9.67. The second kappa shape index (κ2) is 4.77. The van der Waals surface area contributed by atoms with Crippen LogP contribution in [-0.4, -0.2) is 40.5 Å². The summed E-state index contributed by atoms with van der Waals surface area (Å²) in [4.78, 5) is 34.5. The molecule has 0 aromatic heterocycles. The standard InChI is InChI=1S/C12H10FNO5/c13-8-3-1-2-7-10(8)14(12(19)11(7)18)5-6(15)4-9(16)17/h1-3,6,15H,4-5H2,(H,16,17). The summed E-state index contributed by atoms with van der Waals surface area (Å²) >= 11 is 0. The van der Waals surface area contributed by atoms with Crippen LogP contribution in [0.5, 0.6) is 0 Å². The van der Waals surface area contributed by atoms with Gasteiger partial charge in [-0.3, -0.25) is 19.3 Å². The third-order valence-electron chi connectivity index (χ3n) is 2.74. The quantitative estimate of drug-likeness (QED) is 0.759. The fourth-order valence-corrected chi connectivity index (χ4v) is 1.96. The Morgan fingerprint density at radius 1 is 1.37 bits per heavy atom. The highest BCUT2D eigenvalue weighted by Crippen LogP contribution is 2.31. The number of ketones is 1. The van der Waals surface area contributed by atoms with E-state index >= 15 is 0 Å². The van der Waals surface area contributed by atoms with E-state index in [9.17, 15) is 23.9 Å². The Kier molecular flexibility index (Phi) is 3.30. The number of carboxylic acids is 1. The molecule has 1 heterocycles. The highest BCUT2D eigenvalue weighted by atomic mass is 19.1. The maximum Gasteiger partial charge on any atom is 0.306 e. The number of benzene rings is 1. The molecule has 2 rings (SSSR count). The molecule has 0 aliphatic carbocycles. The summed E-state index contributed by atoms with van der Waals surface area (Å²) < 4.78 is 13.7. The third kappa shape index (κ3) is 2.32. The van der Waals surface area contributed by atoms with Gasteiger partial charge in [-0.05, 0) is 12.1 Å². The van der Waals surface area contributed by atoms with Crippen LogP contribution in [0.25, 0.3) is 0 Å². The van der Waals surface area contributed by atoms with E-state index in [0.717, 1.165) is 11.0 Å². The van der Waals surface area contributed by atoms with Crippen LogP contribution in [0.3, 0.4) is 0 Å². The molecule has 7 heteroatoms. The molecule has 19 heavy (non-hydrogen) atoms. The third-order valence-corrected chi connectivity index (χ3v) is 2.74. The molecule has 1 amide bonds. The van der Waals surface area contributed by atoms with Gasteiger partial charge in [-0.25, -0.2) is 4.39 Å². The average Bonchev–Trinajstić information content (AvgIpc) is 2.55. The largest absolute Gasteiger partial charge is 0.481 e. The van der Waals surface area contributed by atoms with Crippen molar-refractivity contribution in [2.45, 2.75) is 12.5 Å². The summed E-state index contributed by atoms with van der Waals surface area (Å²) in [6, 6.07) is 3.69. The Hall–Kier alpha value is -2.28. The number of aliphatic carboxylic acids is 1. The Balaban J connectivity index is 2.30. The van der Waals surface area contributed by atoms with Gasteiger partial charge in [-0.2, -0.15) is 0 Å². The Morgan fingerprint density at radius 3 is 2.68 bits per heavy atom. The van der Waals surface area contributed by atoms with Crippen LogP contribution in [0, 0.1) is 5.82 Å². The first kappa shape index (κ1) is 13.2. The van der Waals surface area contributed by atoms with Gasteiger partial charge in [0.25, 0.3) is 11.7 Å². The lowest BCUT2D eigenvalue weighted by molar-refractivity contribution is -0.139. The maximum atomic E-state index is 13.7. The Morgan fingerprint density at radius 2 is 2.05 bits per heavy atom. The van der Waals surface area contributed by atoms with Gasteiger partial charge in [0.2, 0.25) is 0 Å². The molecule has 1 aromatic carbocycles. The van der Waals surface area contributed by atoms with Crippen LogP contribution >= 0.6 is 0 Å². The number of carbonyl (C=O) groups excluding carboxylic acids is 2. The van der Waals surface area contributed by atoms with E-state index in [1.807, 2.05) is 0 Å². The summed E-state index contributed by atoms with van der Waals surface area (Å²) in [7, 11) is 0. The van der Waals surface area contributed by atoms with E-state index in [-0.39, 0.29) is 11.3 Å². The molecule has 0 radical (unpaired) electrons. The van der Waals surface area contributed by atoms with Crippen LogP contribution in [0.15, 0.2) is 18.2 Å². The number of nitrogens with zero attached hydrogens (tertiary/aromatic N) is 1. The number of hydrogen-bond acceptors (Lipinski definition) is 4. The van der Waals surface area contributed by atoms with Crippen molar-refractivity contribution in [2.75, 3.05) is 11.4 Å². The molecular weight excluding hydrogens is 257 g/mol. The average molecular weight is 267 g/mol. The van der Waals surface area contributed by atoms with Gasteiger partial charge in [0.1, 0.15) is 5.82 Å². The van der Waals surface area contributed by atoms with E-state index in [1.165, 1.54) is 12.1 Å². The van der Waals surface area contributed by atoms with Crippen molar-refractivity contribution in [3.8, 4) is 0 Å². The topological polar surface area (TPSA) is 94.9 Å². The molecule has 0 fully saturated rings. The number of aliphatic hydroxyl groups excluding tert-OH is 1. The van der Waals surface area contributed by atoms with Crippen LogP contribution in [0.1, 0.15) is 16.8 Å². The predicted octanol–water partition coefficient (Wildman–Crippen LogP) is 0.191. The number of Topliss-reactive ketones (excluding diaryl/α,β-unsaturated/α-hetero) is 1. The van der Waals surface area contributed by atoms with Crippen molar-refractivity contribution in [1.82, 2.24) is 0 Å². The van der Waals surface area contributed by atoms with Gasteiger partial charge < -0.3 is 10.2 Å². The second-order valence-electron chi connectivity index (χ2n) is 4.13. The summed E-state index contributed by atoms with van der Waals surface area (Å²) in [6.07, 6.45) is -1.97. The number of β-amino-alcohol motifs (C(OH)–C–C–N with tert-alkyl or cyclic N) is 1. The molecule has 2 N–H and O–H groups in total. The lowest BCUT2D eigenvalue weighted by Crippen LogP contribution is -2.37. The van der Waals surface area contributed by atoms with Gasteiger partial charge in [-0.15, -0.1) is 0 Å². The number of halogens is 1. The monoisotopic (exact) mass is 267 g/mol. The number of carbonyl (C=O) groups is 3. The van der Waals surface area contributed by atoms with E-state index in [0.29, 0.717) is 0 Å². The number of amides is 1.